The molecule has 5 aromatic rings. The number of benzene rings is 5. The van der Waals surface area contributed by atoms with Gasteiger partial charge in [-0.05, 0) is 57.3 Å². The van der Waals surface area contributed by atoms with Gasteiger partial charge in [-0.2, -0.15) is 0 Å². The van der Waals surface area contributed by atoms with Crippen LogP contribution in [-0.2, 0) is 6.42 Å². The molecule has 0 amide bonds. The van der Waals surface area contributed by atoms with Gasteiger partial charge in [-0.25, -0.2) is 0 Å². The number of hydrogen-bond acceptors (Lipinski definition) is 1. The van der Waals surface area contributed by atoms with Gasteiger partial charge in [0.15, 0.2) is 0 Å². The molecule has 0 aliphatic heterocycles. The number of fused-ring (bicyclic) bond motifs is 6. The zero-order valence-electron chi connectivity index (χ0n) is 16.2. The van der Waals surface area contributed by atoms with E-state index in [1.54, 1.807) is 0 Å². The lowest BCUT2D eigenvalue weighted by atomic mass is 9.76. The van der Waals surface area contributed by atoms with Crippen molar-refractivity contribution in [1.29, 1.82) is 0 Å². The summed E-state index contributed by atoms with van der Waals surface area (Å²) in [7, 11) is 0. The molecule has 1 heteroatoms. The Labute approximate surface area is 170 Å². The second-order valence-corrected chi connectivity index (χ2v) is 8.18. The summed E-state index contributed by atoms with van der Waals surface area (Å²) in [6.45, 7) is 0. The van der Waals surface area contributed by atoms with E-state index in [-0.39, 0.29) is 5.92 Å². The van der Waals surface area contributed by atoms with E-state index in [4.69, 9.17) is 0 Å². The van der Waals surface area contributed by atoms with Crippen LogP contribution in [0.25, 0.3) is 32.3 Å². The Kier molecular flexibility index (Phi) is 3.64. The summed E-state index contributed by atoms with van der Waals surface area (Å²) in [5, 5.41) is 18.4. The summed E-state index contributed by atoms with van der Waals surface area (Å²) < 4.78 is 0. The predicted molar refractivity (Wildman–Crippen MR) is 122 cm³/mol. The molecule has 6 rings (SSSR count). The Morgan fingerprint density at radius 3 is 2.10 bits per heavy atom. The minimum Gasteiger partial charge on any atom is -0.507 e. The van der Waals surface area contributed by atoms with Crippen LogP contribution in [0, 0.1) is 0 Å². The maximum atomic E-state index is 11.1. The molecule has 1 nitrogen and oxygen atoms in total. The number of phenols is 1. The molecule has 0 bridgehead atoms. The molecule has 29 heavy (non-hydrogen) atoms. The molecule has 1 aliphatic rings. The molecular weight excluding hydrogens is 352 g/mol. The van der Waals surface area contributed by atoms with E-state index in [0.717, 1.165) is 35.6 Å². The van der Waals surface area contributed by atoms with Crippen molar-refractivity contribution in [2.45, 2.75) is 25.2 Å². The van der Waals surface area contributed by atoms with E-state index < -0.39 is 0 Å². The van der Waals surface area contributed by atoms with Crippen molar-refractivity contribution in [2.75, 3.05) is 0 Å². The van der Waals surface area contributed by atoms with Crippen molar-refractivity contribution in [3.05, 3.63) is 102 Å². The van der Waals surface area contributed by atoms with Crippen molar-refractivity contribution in [3.63, 3.8) is 0 Å². The number of hydrogen-bond donors (Lipinski definition) is 1. The van der Waals surface area contributed by atoms with Gasteiger partial charge in [0.25, 0.3) is 0 Å². The standard InChI is InChI=1S/C28H22O/c29-28-21-9-4-2-7-19(21)13-15-27(28)23-11-5-10-22-25-14-12-18-6-1-3-8-20(18)24(25)16-17-26(22)23/h1-4,6-9,12-17,23,29H,5,10-11H2. The van der Waals surface area contributed by atoms with Gasteiger partial charge in [-0.1, -0.05) is 84.9 Å². The monoisotopic (exact) mass is 374 g/mol. The summed E-state index contributed by atoms with van der Waals surface area (Å²) in [5.74, 6) is 0.693. The largest absolute Gasteiger partial charge is 0.507 e. The van der Waals surface area contributed by atoms with Gasteiger partial charge < -0.3 is 5.11 Å². The summed E-state index contributed by atoms with van der Waals surface area (Å²) in [4.78, 5) is 0. The van der Waals surface area contributed by atoms with Gasteiger partial charge in [0.1, 0.15) is 5.75 Å². The molecule has 5 aromatic carbocycles. The van der Waals surface area contributed by atoms with Crippen molar-refractivity contribution >= 4 is 32.3 Å². The van der Waals surface area contributed by atoms with E-state index in [2.05, 4.69) is 66.7 Å². The molecule has 1 N–H and O–H groups in total. The van der Waals surface area contributed by atoms with Crippen LogP contribution in [0.3, 0.4) is 0 Å². The second-order valence-electron chi connectivity index (χ2n) is 8.18. The van der Waals surface area contributed by atoms with Gasteiger partial charge in [-0.3, -0.25) is 0 Å². The number of aromatic hydroxyl groups is 1. The molecule has 140 valence electrons. The molecule has 0 saturated carbocycles. The first kappa shape index (κ1) is 16.6. The summed E-state index contributed by atoms with van der Waals surface area (Å²) in [5.41, 5.74) is 3.89. The highest BCUT2D eigenvalue weighted by molar-refractivity contribution is 6.08. The average molecular weight is 374 g/mol. The first-order valence-electron chi connectivity index (χ1n) is 10.4. The highest BCUT2D eigenvalue weighted by Crippen LogP contribution is 2.45. The second kappa shape index (κ2) is 6.35. The van der Waals surface area contributed by atoms with Crippen molar-refractivity contribution in [1.82, 2.24) is 0 Å². The lowest BCUT2D eigenvalue weighted by molar-refractivity contribution is 0.466. The van der Waals surface area contributed by atoms with E-state index in [0.29, 0.717) is 5.75 Å². The van der Waals surface area contributed by atoms with Crippen LogP contribution < -0.4 is 0 Å². The Morgan fingerprint density at radius 2 is 1.24 bits per heavy atom. The molecule has 1 aliphatic carbocycles. The Balaban J connectivity index is 1.58. The van der Waals surface area contributed by atoms with Gasteiger partial charge >= 0.3 is 0 Å². The van der Waals surface area contributed by atoms with E-state index in [1.165, 1.54) is 32.7 Å². The van der Waals surface area contributed by atoms with Crippen LogP contribution in [-0.4, -0.2) is 5.11 Å². The van der Waals surface area contributed by atoms with E-state index >= 15 is 0 Å². The minimum absolute atomic E-state index is 0.249. The maximum absolute atomic E-state index is 11.1. The van der Waals surface area contributed by atoms with Crippen LogP contribution in [0.15, 0.2) is 84.9 Å². The van der Waals surface area contributed by atoms with Crippen molar-refractivity contribution in [3.8, 4) is 5.75 Å². The zero-order chi connectivity index (χ0) is 19.4. The molecule has 1 atom stereocenters. The quantitative estimate of drug-likeness (QED) is 0.305. The molecule has 0 radical (unpaired) electrons. The van der Waals surface area contributed by atoms with Crippen LogP contribution in [0.5, 0.6) is 5.75 Å². The molecule has 0 saturated heterocycles. The first-order chi connectivity index (χ1) is 14.3. The summed E-state index contributed by atoms with van der Waals surface area (Å²) >= 11 is 0. The smallest absolute Gasteiger partial charge is 0.127 e. The van der Waals surface area contributed by atoms with Gasteiger partial charge in [0.05, 0.1) is 0 Å². The molecular formula is C28H22O. The molecule has 1 unspecified atom stereocenters. The van der Waals surface area contributed by atoms with Crippen molar-refractivity contribution < 1.29 is 5.11 Å². The lowest BCUT2D eigenvalue weighted by Crippen LogP contribution is -2.12. The normalized spacial score (nSPS) is 16.3. The number of aryl methyl sites for hydroxylation is 1. The third-order valence-corrected chi connectivity index (χ3v) is 6.68. The maximum Gasteiger partial charge on any atom is 0.127 e. The fourth-order valence-electron chi connectivity index (χ4n) is 5.29. The fourth-order valence-corrected chi connectivity index (χ4v) is 5.29. The highest BCUT2D eigenvalue weighted by atomic mass is 16.3. The molecule has 0 heterocycles. The summed E-state index contributed by atoms with van der Waals surface area (Å²) in [6, 6.07) is 30.1. The van der Waals surface area contributed by atoms with Crippen LogP contribution in [0.2, 0.25) is 0 Å². The van der Waals surface area contributed by atoms with Crippen molar-refractivity contribution in [2.24, 2.45) is 0 Å². The molecule has 0 spiro atoms. The van der Waals surface area contributed by atoms with E-state index in [1.807, 2.05) is 18.2 Å². The SMILES string of the molecule is Oc1c(C2CCCc3c2ccc2c3ccc3ccccc32)ccc2ccccc12. The van der Waals surface area contributed by atoms with Gasteiger partial charge in [-0.15, -0.1) is 0 Å². The number of phenolic OH excluding ortho intramolecular Hbond substituents is 1. The highest BCUT2D eigenvalue weighted by Gasteiger charge is 2.26. The topological polar surface area (TPSA) is 20.2 Å². The predicted octanol–water partition coefficient (Wildman–Crippen LogP) is 7.32. The van der Waals surface area contributed by atoms with Gasteiger partial charge in [0, 0.05) is 16.9 Å². The fraction of sp³-hybridized carbons (Fsp3) is 0.143. The number of rotatable bonds is 1. The van der Waals surface area contributed by atoms with E-state index in [9.17, 15) is 5.11 Å². The van der Waals surface area contributed by atoms with Gasteiger partial charge in [0.2, 0.25) is 0 Å². The minimum atomic E-state index is 0.249. The van der Waals surface area contributed by atoms with Crippen LogP contribution in [0.1, 0.15) is 35.4 Å². The average Bonchev–Trinajstić information content (AvgIpc) is 2.79. The first-order valence-corrected chi connectivity index (χ1v) is 10.4. The third-order valence-electron chi connectivity index (χ3n) is 6.68. The molecule has 0 aromatic heterocycles. The molecule has 0 fully saturated rings. The Morgan fingerprint density at radius 1 is 0.586 bits per heavy atom. The van der Waals surface area contributed by atoms with Crippen LogP contribution in [0.4, 0.5) is 0 Å². The Hall–Kier alpha value is -3.32. The lowest BCUT2D eigenvalue weighted by Gasteiger charge is -2.28. The van der Waals surface area contributed by atoms with Crippen LogP contribution >= 0.6 is 0 Å². The zero-order valence-corrected chi connectivity index (χ0v) is 16.2. The Bertz CT molecular complexity index is 1400. The summed E-state index contributed by atoms with van der Waals surface area (Å²) in [6.07, 6.45) is 3.34. The third kappa shape index (κ3) is 2.47.